The summed E-state index contributed by atoms with van der Waals surface area (Å²) in [7, 11) is 2.42. The summed E-state index contributed by atoms with van der Waals surface area (Å²) in [5.41, 5.74) is -0.0787. The molecule has 0 radical (unpaired) electrons. The number of hydrogen-bond donors (Lipinski definition) is 3. The number of carboxylic acid groups (broad SMARTS) is 1. The third-order valence-corrected chi connectivity index (χ3v) is 9.85. The lowest BCUT2D eigenvalue weighted by Crippen LogP contribution is -2.33. The van der Waals surface area contributed by atoms with E-state index < -0.39 is 53.0 Å². The Kier molecular flexibility index (Phi) is 11.8. The highest BCUT2D eigenvalue weighted by molar-refractivity contribution is 7.80. The predicted molar refractivity (Wildman–Crippen MR) is 172 cm³/mol. The van der Waals surface area contributed by atoms with Gasteiger partial charge in [-0.2, -0.15) is 0 Å². The van der Waals surface area contributed by atoms with Crippen LogP contribution >= 0.6 is 35.2 Å². The van der Waals surface area contributed by atoms with E-state index >= 15 is 13.2 Å². The summed E-state index contributed by atoms with van der Waals surface area (Å²) in [6.45, 7) is 2.32. The number of fused-ring (bicyclic) bond motifs is 2. The average molecular weight is 720 g/mol. The Bertz CT molecular complexity index is 1700. The van der Waals surface area contributed by atoms with Gasteiger partial charge in [-0.15, -0.1) is 11.3 Å². The zero-order valence-electron chi connectivity index (χ0n) is 25.8. The lowest BCUT2D eigenvalue weighted by atomic mass is 10.0. The fourth-order valence-corrected chi connectivity index (χ4v) is 6.58. The summed E-state index contributed by atoms with van der Waals surface area (Å²) in [5, 5.41) is 28.9. The van der Waals surface area contributed by atoms with Gasteiger partial charge in [0.15, 0.2) is 45.5 Å². The van der Waals surface area contributed by atoms with Gasteiger partial charge in [-0.05, 0) is 24.7 Å². The average Bonchev–Trinajstić information content (AvgIpc) is 3.68. The van der Waals surface area contributed by atoms with Crippen molar-refractivity contribution in [3.05, 3.63) is 44.5 Å². The molecule has 0 saturated carbocycles. The monoisotopic (exact) mass is 719 g/mol. The van der Waals surface area contributed by atoms with Gasteiger partial charge in [0, 0.05) is 48.4 Å². The second kappa shape index (κ2) is 15.2. The van der Waals surface area contributed by atoms with E-state index in [1.54, 1.807) is 6.92 Å². The third kappa shape index (κ3) is 7.54. The first-order chi connectivity index (χ1) is 22.2. The Hall–Kier alpha value is -3.37. The maximum Gasteiger partial charge on any atom is 0.306 e. The maximum atomic E-state index is 15.6. The molecule has 1 aliphatic rings. The summed E-state index contributed by atoms with van der Waals surface area (Å²) in [5.74, 6) is -6.84. The number of thiophene rings is 1. The van der Waals surface area contributed by atoms with E-state index in [9.17, 15) is 19.8 Å². The number of aliphatic carboxylic acids is 1. The van der Waals surface area contributed by atoms with E-state index in [1.165, 1.54) is 25.0 Å². The third-order valence-electron chi connectivity index (χ3n) is 7.78. The van der Waals surface area contributed by atoms with Gasteiger partial charge >= 0.3 is 5.97 Å². The summed E-state index contributed by atoms with van der Waals surface area (Å²) in [6.07, 6.45) is -1.39. The Balaban J connectivity index is 1.46. The molecule has 10 nitrogen and oxygen atoms in total. The number of nitrogens with zero attached hydrogens (tertiary/aromatic N) is 1. The molecule has 4 rings (SSSR count). The Labute approximate surface area is 282 Å². The number of hydrogen-bond acceptors (Lipinski definition) is 10. The Morgan fingerprint density at radius 3 is 2.04 bits per heavy atom. The number of rotatable bonds is 16. The first kappa shape index (κ1) is 36.5. The van der Waals surface area contributed by atoms with Crippen molar-refractivity contribution in [2.75, 3.05) is 27.4 Å². The lowest BCUT2D eigenvalue weighted by molar-refractivity contribution is -0.143. The van der Waals surface area contributed by atoms with Gasteiger partial charge in [0.05, 0.1) is 42.9 Å². The van der Waals surface area contributed by atoms with E-state index in [0.717, 1.165) is 18.4 Å². The second-order valence-corrected chi connectivity index (χ2v) is 12.9. The molecule has 3 aromatic rings. The first-order valence-corrected chi connectivity index (χ1v) is 16.0. The van der Waals surface area contributed by atoms with E-state index in [0.29, 0.717) is 0 Å². The molecule has 47 heavy (non-hydrogen) atoms. The topological polar surface area (TPSA) is 135 Å². The number of aliphatic hydroxyl groups excluding tert-OH is 2. The Morgan fingerprint density at radius 2 is 1.51 bits per heavy atom. The van der Waals surface area contributed by atoms with Gasteiger partial charge in [0.1, 0.15) is 11.3 Å². The van der Waals surface area contributed by atoms with Crippen molar-refractivity contribution in [3.8, 4) is 23.0 Å². The Morgan fingerprint density at radius 1 is 0.957 bits per heavy atom. The van der Waals surface area contributed by atoms with Crippen molar-refractivity contribution in [2.45, 2.75) is 52.4 Å². The number of methoxy groups -OCH3 is 2. The highest BCUT2D eigenvalue weighted by Crippen LogP contribution is 2.47. The largest absolute Gasteiger partial charge is 0.502 e. The number of thiocarbonyl (C=S) groups is 1. The van der Waals surface area contributed by atoms with Crippen molar-refractivity contribution in [2.24, 2.45) is 11.8 Å². The first-order valence-electron chi connectivity index (χ1n) is 14.4. The molecule has 256 valence electrons. The molecule has 0 fully saturated rings. The molecule has 3 N–H and O–H groups in total. The second-order valence-electron chi connectivity index (χ2n) is 11.1. The van der Waals surface area contributed by atoms with Crippen molar-refractivity contribution < 1.29 is 57.0 Å². The van der Waals surface area contributed by atoms with Crippen LogP contribution in [-0.2, 0) is 17.9 Å². The highest BCUT2D eigenvalue weighted by atomic mass is 35.5. The number of carbonyl (C=O) groups is 2. The van der Waals surface area contributed by atoms with Crippen LogP contribution in [0, 0.1) is 29.3 Å². The predicted octanol–water partition coefficient (Wildman–Crippen LogP) is 6.68. The lowest BCUT2D eigenvalue weighted by Gasteiger charge is -2.23. The van der Waals surface area contributed by atoms with E-state index in [4.69, 9.17) is 47.9 Å². The minimum atomic E-state index is -1.25. The van der Waals surface area contributed by atoms with Gasteiger partial charge in [-0.25, -0.2) is 13.2 Å². The minimum Gasteiger partial charge on any atom is -0.502 e. The standard InChI is InChI=1S/C31H33ClF3NO9S2/c1-13(30(39)40)9-20(38)36-11-16-17(12-36)24(35)28(26(43-4)23(16)34)45-7-5-6-44-27-22(33)15-10-19(18(37)8-14(2)31(41)46)47-29(15)21(32)25(27)42-3/h10,13-14,20,38H,5-9,11-12H2,1-4H3,(H,39,40)(H,41,46)/t13-,14-,20?/m0/s1. The van der Waals surface area contributed by atoms with E-state index in [2.05, 4.69) is 0 Å². The van der Waals surface area contributed by atoms with Crippen LogP contribution in [0.25, 0.3) is 10.1 Å². The summed E-state index contributed by atoms with van der Waals surface area (Å²) < 4.78 is 68.5. The molecule has 1 aromatic heterocycles. The number of Topliss-reactive ketones (excluding diaryl/α,β-unsaturated/α-hetero) is 1. The van der Waals surface area contributed by atoms with Crippen molar-refractivity contribution in [3.63, 3.8) is 0 Å². The van der Waals surface area contributed by atoms with Gasteiger partial charge in [-0.1, -0.05) is 25.4 Å². The zero-order valence-corrected chi connectivity index (χ0v) is 28.2. The summed E-state index contributed by atoms with van der Waals surface area (Å²) >= 11 is 12.2. The molecule has 0 saturated heterocycles. The molecular weight excluding hydrogens is 687 g/mol. The molecule has 2 aromatic carbocycles. The smallest absolute Gasteiger partial charge is 0.306 e. The van der Waals surface area contributed by atoms with Crippen LogP contribution < -0.4 is 18.9 Å². The van der Waals surface area contributed by atoms with Gasteiger partial charge < -0.3 is 34.3 Å². The molecule has 1 aliphatic heterocycles. The SMILES string of the molecule is COc1c(F)c2c(c(F)c1OCCCOc1c(OC)c(Cl)c3sc(C(=O)C[C@H](C)C(O)=S)cc3c1F)CN(C(O)C[C@H](C)C(=O)O)C2. The van der Waals surface area contributed by atoms with E-state index in [1.807, 2.05) is 0 Å². The summed E-state index contributed by atoms with van der Waals surface area (Å²) in [6, 6.07) is 1.34. The molecule has 0 spiro atoms. The molecule has 3 atom stereocenters. The minimum absolute atomic E-state index is 0.0296. The molecular formula is C31H33ClF3NO9S2. The number of halogens is 4. The number of carbonyl (C=O) groups excluding carboxylic acids is 1. The molecule has 0 bridgehead atoms. The maximum absolute atomic E-state index is 15.6. The van der Waals surface area contributed by atoms with Crippen LogP contribution in [0.15, 0.2) is 6.07 Å². The molecule has 2 heterocycles. The van der Waals surface area contributed by atoms with E-state index in [-0.39, 0.29) is 99.0 Å². The van der Waals surface area contributed by atoms with Crippen LogP contribution in [0.1, 0.15) is 53.9 Å². The number of ketones is 1. The quantitative estimate of drug-likeness (QED) is 0.0832. The van der Waals surface area contributed by atoms with Gasteiger partial charge in [0.25, 0.3) is 0 Å². The number of ether oxygens (including phenoxy) is 4. The number of aliphatic hydroxyl groups is 2. The molecule has 16 heteroatoms. The van der Waals surface area contributed by atoms with Crippen molar-refractivity contribution in [1.82, 2.24) is 4.90 Å². The van der Waals surface area contributed by atoms with Gasteiger partial charge in [-0.3, -0.25) is 14.5 Å². The van der Waals surface area contributed by atoms with Crippen LogP contribution in [0.4, 0.5) is 13.2 Å². The molecule has 0 amide bonds. The highest BCUT2D eigenvalue weighted by Gasteiger charge is 2.36. The number of benzene rings is 2. The number of carboxylic acids is 1. The van der Waals surface area contributed by atoms with Crippen LogP contribution in [0.3, 0.4) is 0 Å². The normalized spacial score (nSPS) is 14.8. The molecule has 1 unspecified atom stereocenters. The fourth-order valence-electron chi connectivity index (χ4n) is 5.08. The van der Waals surface area contributed by atoms with Crippen molar-refractivity contribution >= 4 is 62.0 Å². The van der Waals surface area contributed by atoms with Crippen molar-refractivity contribution in [1.29, 1.82) is 0 Å². The fraction of sp³-hybridized carbons (Fsp3) is 0.452. The summed E-state index contributed by atoms with van der Waals surface area (Å²) in [4.78, 5) is 25.5. The van der Waals surface area contributed by atoms with Crippen LogP contribution in [0.2, 0.25) is 5.02 Å². The van der Waals surface area contributed by atoms with Crippen LogP contribution in [-0.4, -0.2) is 70.7 Å². The van der Waals surface area contributed by atoms with Gasteiger partial charge in [0.2, 0.25) is 5.75 Å². The zero-order chi connectivity index (χ0) is 34.7. The molecule has 0 aliphatic carbocycles. The van der Waals surface area contributed by atoms with Crippen LogP contribution in [0.5, 0.6) is 23.0 Å².